The lowest BCUT2D eigenvalue weighted by Crippen LogP contribution is -2.15. The normalized spacial score (nSPS) is 15.5. The molecule has 3 rings (SSSR count). The SMILES string of the molecule is CCOc1cc2c(cc1NC(=O)Cc1ccc(O)cc1)OC(C)C2. The summed E-state index contributed by atoms with van der Waals surface area (Å²) < 4.78 is 11.4. The number of ether oxygens (including phenoxy) is 2. The average Bonchev–Trinajstić information content (AvgIpc) is 2.89. The van der Waals surface area contributed by atoms with Gasteiger partial charge in [-0.25, -0.2) is 0 Å². The van der Waals surface area contributed by atoms with Crippen LogP contribution in [-0.2, 0) is 17.6 Å². The second kappa shape index (κ2) is 6.83. The summed E-state index contributed by atoms with van der Waals surface area (Å²) in [6.07, 6.45) is 1.20. The van der Waals surface area contributed by atoms with Gasteiger partial charge < -0.3 is 19.9 Å². The van der Waals surface area contributed by atoms with Crippen LogP contribution in [0.25, 0.3) is 0 Å². The number of rotatable bonds is 5. The summed E-state index contributed by atoms with van der Waals surface area (Å²) in [6, 6.07) is 10.4. The van der Waals surface area contributed by atoms with Crippen molar-refractivity contribution in [2.24, 2.45) is 0 Å². The highest BCUT2D eigenvalue weighted by molar-refractivity contribution is 5.94. The van der Waals surface area contributed by atoms with E-state index in [1.807, 2.05) is 26.0 Å². The molecule has 2 N–H and O–H groups in total. The molecule has 0 spiro atoms. The van der Waals surface area contributed by atoms with Crippen molar-refractivity contribution in [1.82, 2.24) is 0 Å². The van der Waals surface area contributed by atoms with E-state index in [0.29, 0.717) is 18.0 Å². The molecule has 126 valence electrons. The number of hydrogen-bond acceptors (Lipinski definition) is 4. The van der Waals surface area contributed by atoms with Gasteiger partial charge in [-0.2, -0.15) is 0 Å². The Balaban J connectivity index is 1.77. The molecule has 0 aliphatic carbocycles. The predicted molar refractivity (Wildman–Crippen MR) is 91.8 cm³/mol. The summed E-state index contributed by atoms with van der Waals surface area (Å²) in [5, 5.41) is 12.2. The second-order valence-electron chi connectivity index (χ2n) is 5.91. The molecular formula is C19H21NO4. The van der Waals surface area contributed by atoms with E-state index in [9.17, 15) is 9.90 Å². The van der Waals surface area contributed by atoms with Gasteiger partial charge in [-0.15, -0.1) is 0 Å². The summed E-state index contributed by atoms with van der Waals surface area (Å²) in [4.78, 5) is 12.3. The zero-order valence-electron chi connectivity index (χ0n) is 13.8. The van der Waals surface area contributed by atoms with Crippen LogP contribution >= 0.6 is 0 Å². The second-order valence-corrected chi connectivity index (χ2v) is 5.91. The maximum atomic E-state index is 12.3. The quantitative estimate of drug-likeness (QED) is 0.884. The van der Waals surface area contributed by atoms with Crippen molar-refractivity contribution in [2.75, 3.05) is 11.9 Å². The maximum absolute atomic E-state index is 12.3. The molecule has 0 saturated heterocycles. The van der Waals surface area contributed by atoms with E-state index in [4.69, 9.17) is 9.47 Å². The van der Waals surface area contributed by atoms with Crippen molar-refractivity contribution in [3.8, 4) is 17.2 Å². The molecule has 0 radical (unpaired) electrons. The molecule has 1 amide bonds. The third kappa shape index (κ3) is 3.62. The molecule has 5 nitrogen and oxygen atoms in total. The minimum absolute atomic E-state index is 0.137. The molecule has 2 aromatic rings. The monoisotopic (exact) mass is 327 g/mol. The first-order chi connectivity index (χ1) is 11.5. The average molecular weight is 327 g/mol. The van der Waals surface area contributed by atoms with E-state index in [0.717, 1.165) is 23.3 Å². The molecule has 0 fully saturated rings. The largest absolute Gasteiger partial charge is 0.508 e. The number of carbonyl (C=O) groups excluding carboxylic acids is 1. The molecule has 2 aromatic carbocycles. The van der Waals surface area contributed by atoms with Crippen molar-refractivity contribution >= 4 is 11.6 Å². The Labute approximate surface area is 141 Å². The third-order valence-electron chi connectivity index (χ3n) is 3.87. The number of nitrogens with one attached hydrogen (secondary N) is 1. The fourth-order valence-corrected chi connectivity index (χ4v) is 2.81. The van der Waals surface area contributed by atoms with Crippen LogP contribution in [0.2, 0.25) is 0 Å². The molecule has 1 atom stereocenters. The Kier molecular flexibility index (Phi) is 4.60. The highest BCUT2D eigenvalue weighted by Crippen LogP contribution is 2.38. The number of amides is 1. The van der Waals surface area contributed by atoms with Crippen LogP contribution in [0.3, 0.4) is 0 Å². The Bertz CT molecular complexity index is 740. The minimum atomic E-state index is -0.146. The number of anilines is 1. The first-order valence-corrected chi connectivity index (χ1v) is 8.09. The van der Waals surface area contributed by atoms with E-state index in [2.05, 4.69) is 5.32 Å². The van der Waals surface area contributed by atoms with Crippen LogP contribution in [0.15, 0.2) is 36.4 Å². The lowest BCUT2D eigenvalue weighted by atomic mass is 10.1. The van der Waals surface area contributed by atoms with Gasteiger partial charge in [0.1, 0.15) is 23.4 Å². The van der Waals surface area contributed by atoms with Crippen molar-refractivity contribution < 1.29 is 19.4 Å². The molecular weight excluding hydrogens is 306 g/mol. The van der Waals surface area contributed by atoms with Gasteiger partial charge in [-0.3, -0.25) is 4.79 Å². The molecule has 5 heteroatoms. The lowest BCUT2D eigenvalue weighted by molar-refractivity contribution is -0.115. The molecule has 1 heterocycles. The molecule has 0 saturated carbocycles. The fraction of sp³-hybridized carbons (Fsp3) is 0.316. The van der Waals surface area contributed by atoms with Gasteiger partial charge in [-0.05, 0) is 37.6 Å². The molecule has 0 bridgehead atoms. The number of benzene rings is 2. The number of phenols is 1. The van der Waals surface area contributed by atoms with Crippen LogP contribution < -0.4 is 14.8 Å². The predicted octanol–water partition coefficient (Wildman–Crippen LogP) is 3.30. The smallest absolute Gasteiger partial charge is 0.228 e. The summed E-state index contributed by atoms with van der Waals surface area (Å²) >= 11 is 0. The summed E-state index contributed by atoms with van der Waals surface area (Å²) in [5.74, 6) is 1.49. The zero-order chi connectivity index (χ0) is 17.1. The van der Waals surface area contributed by atoms with Crippen molar-refractivity contribution in [3.05, 3.63) is 47.5 Å². The molecule has 1 aliphatic rings. The van der Waals surface area contributed by atoms with Crippen molar-refractivity contribution in [3.63, 3.8) is 0 Å². The van der Waals surface area contributed by atoms with E-state index >= 15 is 0 Å². The molecule has 0 aromatic heterocycles. The van der Waals surface area contributed by atoms with Gasteiger partial charge in [0.25, 0.3) is 0 Å². The van der Waals surface area contributed by atoms with Gasteiger partial charge in [0.15, 0.2) is 0 Å². The maximum Gasteiger partial charge on any atom is 0.228 e. The third-order valence-corrected chi connectivity index (χ3v) is 3.87. The van der Waals surface area contributed by atoms with Crippen molar-refractivity contribution in [1.29, 1.82) is 0 Å². The van der Waals surface area contributed by atoms with Gasteiger partial charge in [0, 0.05) is 18.1 Å². The highest BCUT2D eigenvalue weighted by atomic mass is 16.5. The first kappa shape index (κ1) is 16.2. The van der Waals surface area contributed by atoms with Crippen LogP contribution in [0.5, 0.6) is 17.2 Å². The van der Waals surface area contributed by atoms with Crippen LogP contribution in [-0.4, -0.2) is 23.7 Å². The number of fused-ring (bicyclic) bond motifs is 1. The van der Waals surface area contributed by atoms with E-state index in [1.54, 1.807) is 24.3 Å². The lowest BCUT2D eigenvalue weighted by Gasteiger charge is -2.13. The number of hydrogen-bond donors (Lipinski definition) is 2. The molecule has 1 unspecified atom stereocenters. The first-order valence-electron chi connectivity index (χ1n) is 8.09. The molecule has 24 heavy (non-hydrogen) atoms. The minimum Gasteiger partial charge on any atom is -0.508 e. The Hall–Kier alpha value is -2.69. The Morgan fingerprint density at radius 2 is 2.08 bits per heavy atom. The zero-order valence-corrected chi connectivity index (χ0v) is 13.8. The summed E-state index contributed by atoms with van der Waals surface area (Å²) in [6.45, 7) is 4.45. The van der Waals surface area contributed by atoms with Gasteiger partial charge >= 0.3 is 0 Å². The summed E-state index contributed by atoms with van der Waals surface area (Å²) in [7, 11) is 0. The number of aromatic hydroxyl groups is 1. The Morgan fingerprint density at radius 3 is 2.79 bits per heavy atom. The molecule has 1 aliphatic heterocycles. The summed E-state index contributed by atoms with van der Waals surface area (Å²) in [5.41, 5.74) is 2.55. The Morgan fingerprint density at radius 1 is 1.33 bits per heavy atom. The van der Waals surface area contributed by atoms with E-state index in [1.165, 1.54) is 0 Å². The number of phenolic OH excluding ortho intramolecular Hbond substituents is 1. The standard InChI is InChI=1S/C19H21NO4/c1-3-23-18-10-14-8-12(2)24-17(14)11-16(18)20-19(22)9-13-4-6-15(21)7-5-13/h4-7,10-12,21H,3,8-9H2,1-2H3,(H,20,22). The number of carbonyl (C=O) groups is 1. The van der Waals surface area contributed by atoms with Crippen LogP contribution in [0.1, 0.15) is 25.0 Å². The van der Waals surface area contributed by atoms with E-state index in [-0.39, 0.29) is 24.2 Å². The van der Waals surface area contributed by atoms with Crippen molar-refractivity contribution in [2.45, 2.75) is 32.8 Å². The highest BCUT2D eigenvalue weighted by Gasteiger charge is 2.22. The van der Waals surface area contributed by atoms with Gasteiger partial charge in [0.05, 0.1) is 18.7 Å². The van der Waals surface area contributed by atoms with Gasteiger partial charge in [0.2, 0.25) is 5.91 Å². The van der Waals surface area contributed by atoms with E-state index < -0.39 is 0 Å². The fourth-order valence-electron chi connectivity index (χ4n) is 2.81. The van der Waals surface area contributed by atoms with Crippen LogP contribution in [0, 0.1) is 0 Å². The van der Waals surface area contributed by atoms with Crippen LogP contribution in [0.4, 0.5) is 5.69 Å². The topological polar surface area (TPSA) is 67.8 Å². The van der Waals surface area contributed by atoms with Gasteiger partial charge in [-0.1, -0.05) is 12.1 Å².